The van der Waals surface area contributed by atoms with Crippen LogP contribution >= 0.6 is 11.8 Å². The predicted molar refractivity (Wildman–Crippen MR) is 82.3 cm³/mol. The topological polar surface area (TPSA) is 77.8 Å². The number of rotatable bonds is 6. The molecule has 0 saturated carbocycles. The van der Waals surface area contributed by atoms with E-state index in [-0.39, 0.29) is 0 Å². The van der Waals surface area contributed by atoms with Crippen molar-refractivity contribution in [3.63, 3.8) is 0 Å². The molecule has 0 aliphatic carbocycles. The maximum absolute atomic E-state index is 5.64. The first kappa shape index (κ1) is 14.8. The fraction of sp³-hybridized carbons (Fsp3) is 0.333. The Morgan fingerprint density at radius 2 is 1.95 bits per heavy atom. The Balaban J connectivity index is 1.62. The lowest BCUT2D eigenvalue weighted by molar-refractivity contribution is 0.384. The third kappa shape index (κ3) is 3.54. The third-order valence-electron chi connectivity index (χ3n) is 3.01. The molecule has 0 N–H and O–H groups in total. The van der Waals surface area contributed by atoms with Crippen molar-refractivity contribution in [3.05, 3.63) is 41.5 Å². The Kier molecular flexibility index (Phi) is 4.53. The summed E-state index contributed by atoms with van der Waals surface area (Å²) in [7, 11) is 0. The molecule has 2 heterocycles. The molecule has 0 radical (unpaired) electrons. The zero-order valence-corrected chi connectivity index (χ0v) is 13.3. The number of thioether (sulfide) groups is 1. The van der Waals surface area contributed by atoms with Crippen molar-refractivity contribution >= 4 is 11.8 Å². The first-order valence-corrected chi connectivity index (χ1v) is 8.08. The molecular formula is C15H16N4O2S. The van der Waals surface area contributed by atoms with E-state index in [2.05, 4.69) is 27.3 Å². The van der Waals surface area contributed by atoms with E-state index >= 15 is 0 Å². The fourth-order valence-electron chi connectivity index (χ4n) is 1.88. The van der Waals surface area contributed by atoms with E-state index in [0.717, 1.165) is 24.2 Å². The largest absolute Gasteiger partial charge is 0.411 e. The molecule has 3 rings (SSSR count). The van der Waals surface area contributed by atoms with Crippen LogP contribution in [0.1, 0.15) is 30.6 Å². The molecule has 0 unspecified atom stereocenters. The average molecular weight is 316 g/mol. The second kappa shape index (κ2) is 6.74. The van der Waals surface area contributed by atoms with Gasteiger partial charge < -0.3 is 8.94 Å². The summed E-state index contributed by atoms with van der Waals surface area (Å²) in [4.78, 5) is 4.30. The first-order valence-electron chi connectivity index (χ1n) is 7.09. The van der Waals surface area contributed by atoms with Crippen LogP contribution in [-0.4, -0.2) is 20.3 Å². The van der Waals surface area contributed by atoms with Crippen molar-refractivity contribution in [3.8, 4) is 11.5 Å². The molecule has 0 aliphatic heterocycles. The van der Waals surface area contributed by atoms with Crippen LogP contribution in [0.2, 0.25) is 0 Å². The van der Waals surface area contributed by atoms with Crippen LogP contribution in [0.25, 0.3) is 11.5 Å². The molecule has 3 aromatic rings. The van der Waals surface area contributed by atoms with Crippen molar-refractivity contribution in [1.29, 1.82) is 0 Å². The molecule has 22 heavy (non-hydrogen) atoms. The molecule has 1 aromatic carbocycles. The highest BCUT2D eigenvalue weighted by Gasteiger charge is 2.11. The van der Waals surface area contributed by atoms with Crippen LogP contribution in [0.15, 0.2) is 38.4 Å². The van der Waals surface area contributed by atoms with Crippen molar-refractivity contribution < 1.29 is 8.94 Å². The number of hydrogen-bond donors (Lipinski definition) is 0. The standard InChI is InChI=1S/C15H16N4O2S/c1-3-4-12-16-13(21-19-12)9-22-15-18-17-14(20-15)11-7-5-10(2)6-8-11/h5-8H,3-4,9H2,1-2H3. The molecule has 0 atom stereocenters. The quantitative estimate of drug-likeness (QED) is 0.642. The molecule has 0 amide bonds. The fourth-order valence-corrected chi connectivity index (χ4v) is 2.48. The van der Waals surface area contributed by atoms with Gasteiger partial charge in [0.2, 0.25) is 11.8 Å². The first-order chi connectivity index (χ1) is 10.7. The van der Waals surface area contributed by atoms with Gasteiger partial charge >= 0.3 is 0 Å². The molecule has 0 bridgehead atoms. The Morgan fingerprint density at radius 3 is 2.73 bits per heavy atom. The van der Waals surface area contributed by atoms with Gasteiger partial charge in [-0.15, -0.1) is 10.2 Å². The summed E-state index contributed by atoms with van der Waals surface area (Å²) in [5.74, 6) is 2.35. The number of aromatic nitrogens is 4. The van der Waals surface area contributed by atoms with E-state index in [9.17, 15) is 0 Å². The van der Waals surface area contributed by atoms with Crippen molar-refractivity contribution in [1.82, 2.24) is 20.3 Å². The lowest BCUT2D eigenvalue weighted by Gasteiger charge is -1.95. The van der Waals surface area contributed by atoms with E-state index in [1.807, 2.05) is 31.2 Å². The van der Waals surface area contributed by atoms with Crippen molar-refractivity contribution in [2.24, 2.45) is 0 Å². The third-order valence-corrected chi connectivity index (χ3v) is 3.81. The molecule has 6 nitrogen and oxygen atoms in total. The van der Waals surface area contributed by atoms with Gasteiger partial charge in [0, 0.05) is 12.0 Å². The van der Waals surface area contributed by atoms with Crippen molar-refractivity contribution in [2.45, 2.75) is 37.7 Å². The van der Waals surface area contributed by atoms with Crippen LogP contribution < -0.4 is 0 Å². The van der Waals surface area contributed by atoms with Gasteiger partial charge in [-0.1, -0.05) is 41.5 Å². The average Bonchev–Trinajstić information content (AvgIpc) is 3.16. The van der Waals surface area contributed by atoms with Gasteiger partial charge in [0.15, 0.2) is 5.82 Å². The highest BCUT2D eigenvalue weighted by Crippen LogP contribution is 2.25. The van der Waals surface area contributed by atoms with Crippen LogP contribution in [0, 0.1) is 6.92 Å². The van der Waals surface area contributed by atoms with Gasteiger partial charge in [-0.05, 0) is 25.5 Å². The highest BCUT2D eigenvalue weighted by molar-refractivity contribution is 7.98. The summed E-state index contributed by atoms with van der Waals surface area (Å²) in [6.07, 6.45) is 1.82. The minimum absolute atomic E-state index is 0.491. The number of hydrogen-bond acceptors (Lipinski definition) is 7. The van der Waals surface area contributed by atoms with Crippen LogP contribution in [0.3, 0.4) is 0 Å². The Hall–Kier alpha value is -2.15. The SMILES string of the molecule is CCCc1noc(CSc2nnc(-c3ccc(C)cc3)o2)n1. The smallest absolute Gasteiger partial charge is 0.277 e. The van der Waals surface area contributed by atoms with Gasteiger partial charge in [-0.3, -0.25) is 0 Å². The molecule has 0 fully saturated rings. The maximum Gasteiger partial charge on any atom is 0.277 e. The summed E-state index contributed by atoms with van der Waals surface area (Å²) >= 11 is 1.39. The van der Waals surface area contributed by atoms with Gasteiger partial charge in [-0.25, -0.2) is 0 Å². The minimum atomic E-state index is 0.491. The maximum atomic E-state index is 5.64. The van der Waals surface area contributed by atoms with Crippen LogP contribution in [-0.2, 0) is 12.2 Å². The molecule has 2 aromatic heterocycles. The van der Waals surface area contributed by atoms with E-state index in [0.29, 0.717) is 22.8 Å². The molecule has 7 heteroatoms. The lowest BCUT2D eigenvalue weighted by Crippen LogP contribution is -1.86. The monoisotopic (exact) mass is 316 g/mol. The second-order valence-electron chi connectivity index (χ2n) is 4.88. The van der Waals surface area contributed by atoms with Gasteiger partial charge in [0.05, 0.1) is 5.75 Å². The van der Waals surface area contributed by atoms with Gasteiger partial charge in [-0.2, -0.15) is 4.98 Å². The van der Waals surface area contributed by atoms with E-state index in [1.165, 1.54) is 17.3 Å². The number of benzene rings is 1. The Morgan fingerprint density at radius 1 is 1.14 bits per heavy atom. The van der Waals surface area contributed by atoms with Crippen molar-refractivity contribution in [2.75, 3.05) is 0 Å². The van der Waals surface area contributed by atoms with Crippen LogP contribution in [0.4, 0.5) is 0 Å². The normalized spacial score (nSPS) is 11.0. The van der Waals surface area contributed by atoms with Gasteiger partial charge in [0.1, 0.15) is 0 Å². The molecule has 0 spiro atoms. The minimum Gasteiger partial charge on any atom is -0.411 e. The zero-order valence-electron chi connectivity index (χ0n) is 12.4. The Bertz CT molecular complexity index is 736. The molecule has 0 saturated heterocycles. The van der Waals surface area contributed by atoms with E-state index in [1.54, 1.807) is 0 Å². The summed E-state index contributed by atoms with van der Waals surface area (Å²) in [6.45, 7) is 4.12. The van der Waals surface area contributed by atoms with E-state index in [4.69, 9.17) is 8.94 Å². The lowest BCUT2D eigenvalue weighted by atomic mass is 10.1. The summed E-state index contributed by atoms with van der Waals surface area (Å²) < 4.78 is 10.8. The molecule has 114 valence electrons. The highest BCUT2D eigenvalue weighted by atomic mass is 32.2. The van der Waals surface area contributed by atoms with Crippen LogP contribution in [0.5, 0.6) is 0 Å². The zero-order chi connectivity index (χ0) is 15.4. The number of aryl methyl sites for hydroxylation is 2. The number of nitrogens with zero attached hydrogens (tertiary/aromatic N) is 4. The second-order valence-corrected chi connectivity index (χ2v) is 5.81. The summed E-state index contributed by atoms with van der Waals surface area (Å²) in [5.41, 5.74) is 2.10. The predicted octanol–water partition coefficient (Wildman–Crippen LogP) is 3.67. The molecule has 0 aliphatic rings. The summed E-state index contributed by atoms with van der Waals surface area (Å²) in [6, 6.07) is 7.96. The summed E-state index contributed by atoms with van der Waals surface area (Å²) in [5, 5.41) is 12.5. The van der Waals surface area contributed by atoms with Gasteiger partial charge in [0.25, 0.3) is 5.22 Å². The Labute approximate surface area is 132 Å². The molecular weight excluding hydrogens is 300 g/mol. The van der Waals surface area contributed by atoms with E-state index < -0.39 is 0 Å².